The molecule has 0 saturated carbocycles. The third kappa shape index (κ3) is 2.67. The molecule has 0 N–H and O–H groups in total. The van der Waals surface area contributed by atoms with Crippen LogP contribution in [-0.4, -0.2) is 14.3 Å². The van der Waals surface area contributed by atoms with E-state index in [4.69, 9.17) is 47.0 Å². The van der Waals surface area contributed by atoms with Gasteiger partial charge in [-0.1, -0.05) is 34.8 Å². The van der Waals surface area contributed by atoms with E-state index in [1.807, 2.05) is 0 Å². The molecule has 2 aromatic rings. The van der Waals surface area contributed by atoms with Crippen LogP contribution < -0.4 is 0 Å². The summed E-state index contributed by atoms with van der Waals surface area (Å²) in [5.74, 6) is -1.21. The molecular weight excluding hydrogens is 358 g/mol. The first-order chi connectivity index (χ1) is 9.12. The highest BCUT2D eigenvalue weighted by Gasteiger charge is 2.39. The first-order valence-corrected chi connectivity index (χ1v) is 6.55. The fraction of sp³-hybridized carbons (Fsp3) is 0.200. The molecule has 0 bridgehead atoms. The van der Waals surface area contributed by atoms with Crippen molar-refractivity contribution >= 4 is 47.0 Å². The van der Waals surface area contributed by atoms with E-state index < -0.39 is 12.0 Å². The summed E-state index contributed by atoms with van der Waals surface area (Å²) in [5, 5.41) is 3.45. The lowest BCUT2D eigenvalue weighted by atomic mass is 10.3. The Bertz CT molecular complexity index is 713. The van der Waals surface area contributed by atoms with Gasteiger partial charge in [0.15, 0.2) is 0 Å². The fourth-order valence-electron chi connectivity index (χ4n) is 1.60. The molecule has 0 saturated heterocycles. The van der Waals surface area contributed by atoms with E-state index >= 15 is 0 Å². The van der Waals surface area contributed by atoms with Crippen molar-refractivity contribution < 1.29 is 13.2 Å². The first-order valence-electron chi connectivity index (χ1n) is 5.01. The lowest BCUT2D eigenvalue weighted by molar-refractivity contribution is -0.146. The van der Waals surface area contributed by atoms with Crippen LogP contribution in [0.1, 0.15) is 5.82 Å². The monoisotopic (exact) mass is 361 g/mol. The van der Waals surface area contributed by atoms with Crippen molar-refractivity contribution in [3.63, 3.8) is 0 Å². The van der Waals surface area contributed by atoms with Crippen LogP contribution in [0.15, 0.2) is 12.1 Å². The molecule has 2 rings (SSSR count). The molecule has 1 aromatic carbocycles. The zero-order valence-corrected chi connectivity index (χ0v) is 12.8. The zero-order valence-electron chi connectivity index (χ0n) is 9.67. The van der Waals surface area contributed by atoms with E-state index in [1.165, 1.54) is 19.2 Å². The third-order valence-electron chi connectivity index (χ3n) is 2.38. The van der Waals surface area contributed by atoms with Crippen LogP contribution in [-0.2, 0) is 13.2 Å². The van der Waals surface area contributed by atoms with Crippen LogP contribution in [0.4, 0.5) is 13.2 Å². The van der Waals surface area contributed by atoms with Gasteiger partial charge in [0.05, 0.1) is 15.7 Å². The minimum Gasteiger partial charge on any atom is -0.261 e. The first kappa shape index (κ1) is 15.6. The van der Waals surface area contributed by atoms with Crippen molar-refractivity contribution in [3.8, 4) is 5.69 Å². The highest BCUT2D eigenvalue weighted by Crippen LogP contribution is 2.37. The van der Waals surface area contributed by atoms with Gasteiger partial charge in [0.25, 0.3) is 0 Å². The van der Waals surface area contributed by atoms with Crippen LogP contribution in [0.5, 0.6) is 0 Å². The quantitative estimate of drug-likeness (QED) is 0.672. The molecule has 0 atom stereocenters. The second kappa shape index (κ2) is 5.22. The topological polar surface area (TPSA) is 22.8 Å². The van der Waals surface area contributed by atoms with E-state index in [9.17, 15) is 13.2 Å². The third-order valence-corrected chi connectivity index (χ3v) is 3.62. The van der Waals surface area contributed by atoms with E-state index in [0.717, 1.165) is 4.68 Å². The van der Waals surface area contributed by atoms with Crippen molar-refractivity contribution in [2.75, 3.05) is 0 Å². The molecule has 0 aliphatic heterocycles. The number of rotatable bonds is 1. The number of aromatic nitrogens is 3. The highest BCUT2D eigenvalue weighted by atomic mass is 35.5. The van der Waals surface area contributed by atoms with Crippen LogP contribution in [0, 0.1) is 4.77 Å². The SMILES string of the molecule is Cn1nc(C(F)(F)F)n(-c2c(Cl)cc(Cl)cc2Cl)c1=S. The summed E-state index contributed by atoms with van der Waals surface area (Å²) < 4.78 is 40.4. The van der Waals surface area contributed by atoms with Gasteiger partial charge in [-0.25, -0.2) is 4.68 Å². The number of halogens is 6. The van der Waals surface area contributed by atoms with Crippen molar-refractivity contribution in [3.05, 3.63) is 37.8 Å². The summed E-state index contributed by atoms with van der Waals surface area (Å²) in [4.78, 5) is 0. The number of hydrogen-bond acceptors (Lipinski definition) is 2. The maximum atomic E-state index is 13.0. The Morgan fingerprint density at radius 3 is 2.10 bits per heavy atom. The molecule has 1 aromatic heterocycles. The van der Waals surface area contributed by atoms with Crippen molar-refractivity contribution in [2.45, 2.75) is 6.18 Å². The molecule has 0 aliphatic carbocycles. The summed E-state index contributed by atoms with van der Waals surface area (Å²) in [6.45, 7) is 0. The van der Waals surface area contributed by atoms with E-state index in [0.29, 0.717) is 4.57 Å². The molecule has 1 heterocycles. The van der Waals surface area contributed by atoms with Crippen molar-refractivity contribution in [1.82, 2.24) is 14.3 Å². The van der Waals surface area contributed by atoms with Gasteiger partial charge in [-0.2, -0.15) is 13.2 Å². The maximum Gasteiger partial charge on any atom is 0.452 e. The molecule has 0 radical (unpaired) electrons. The van der Waals surface area contributed by atoms with Gasteiger partial charge in [0.1, 0.15) is 0 Å². The normalized spacial score (nSPS) is 11.9. The summed E-state index contributed by atoms with van der Waals surface area (Å²) in [6.07, 6.45) is -4.71. The minimum atomic E-state index is -4.71. The van der Waals surface area contributed by atoms with E-state index in [-0.39, 0.29) is 25.5 Å². The van der Waals surface area contributed by atoms with Crippen LogP contribution >= 0.6 is 47.0 Å². The number of hydrogen-bond donors (Lipinski definition) is 0. The van der Waals surface area contributed by atoms with Gasteiger partial charge in [0, 0.05) is 12.1 Å². The standard InChI is InChI=1S/C10H5Cl3F3N3S/c1-18-9(20)19(8(17-18)10(14,15)16)7-5(12)2-4(11)3-6(7)13/h2-3H,1H3. The number of nitrogens with zero attached hydrogens (tertiary/aromatic N) is 3. The molecule has 3 nitrogen and oxygen atoms in total. The molecular formula is C10H5Cl3F3N3S. The van der Waals surface area contributed by atoms with Crippen molar-refractivity contribution in [1.29, 1.82) is 0 Å². The Morgan fingerprint density at radius 2 is 1.65 bits per heavy atom. The predicted octanol–water partition coefficient (Wildman–Crippen LogP) is 4.92. The molecule has 108 valence electrons. The number of aryl methyl sites for hydroxylation is 1. The molecule has 0 fully saturated rings. The Hall–Kier alpha value is -0.760. The van der Waals surface area contributed by atoms with Crippen LogP contribution in [0.3, 0.4) is 0 Å². The lowest BCUT2D eigenvalue weighted by Gasteiger charge is -2.12. The lowest BCUT2D eigenvalue weighted by Crippen LogP contribution is -2.14. The summed E-state index contributed by atoms with van der Waals surface area (Å²) >= 11 is 22.5. The predicted molar refractivity (Wildman–Crippen MR) is 73.4 cm³/mol. The molecule has 0 spiro atoms. The van der Waals surface area contributed by atoms with E-state index in [2.05, 4.69) is 5.10 Å². The van der Waals surface area contributed by atoms with Crippen LogP contribution in [0.25, 0.3) is 5.69 Å². The van der Waals surface area contributed by atoms with E-state index in [1.54, 1.807) is 0 Å². The molecule has 0 unspecified atom stereocenters. The van der Waals surface area contributed by atoms with Gasteiger partial charge in [0.2, 0.25) is 10.6 Å². The average molecular weight is 363 g/mol. The Kier molecular flexibility index (Phi) is 4.07. The molecule has 0 aliphatic rings. The van der Waals surface area contributed by atoms with Crippen LogP contribution in [0.2, 0.25) is 15.1 Å². The molecule has 20 heavy (non-hydrogen) atoms. The van der Waals surface area contributed by atoms with Gasteiger partial charge in [-0.05, 0) is 24.4 Å². The van der Waals surface area contributed by atoms with Gasteiger partial charge in [-0.15, -0.1) is 5.10 Å². The van der Waals surface area contributed by atoms with Gasteiger partial charge < -0.3 is 0 Å². The second-order valence-corrected chi connectivity index (χ2v) is 5.40. The number of benzene rings is 1. The van der Waals surface area contributed by atoms with Gasteiger partial charge in [-0.3, -0.25) is 4.57 Å². The van der Waals surface area contributed by atoms with Crippen molar-refractivity contribution in [2.24, 2.45) is 7.05 Å². The fourth-order valence-corrected chi connectivity index (χ4v) is 2.80. The maximum absolute atomic E-state index is 13.0. The zero-order chi connectivity index (χ0) is 15.2. The highest BCUT2D eigenvalue weighted by molar-refractivity contribution is 7.71. The summed E-state index contributed by atoms with van der Waals surface area (Å²) in [7, 11) is 1.30. The van der Waals surface area contributed by atoms with Gasteiger partial charge >= 0.3 is 6.18 Å². The Morgan fingerprint density at radius 1 is 1.15 bits per heavy atom. The molecule has 0 amide bonds. The minimum absolute atomic E-state index is 0.0582. The Labute approximate surface area is 131 Å². The Balaban J connectivity index is 2.87. The second-order valence-electron chi connectivity index (χ2n) is 3.78. The largest absolute Gasteiger partial charge is 0.452 e. The number of alkyl halides is 3. The summed E-state index contributed by atoms with van der Waals surface area (Å²) in [6, 6.07) is 2.55. The average Bonchev–Trinajstić information content (AvgIpc) is 2.55. The smallest absolute Gasteiger partial charge is 0.261 e. The molecule has 10 heteroatoms. The summed E-state index contributed by atoms with van der Waals surface area (Å²) in [5.41, 5.74) is -0.108.